The molecule has 0 radical (unpaired) electrons. The largest absolute Gasteiger partial charge is 0.325 e. The minimum Gasteiger partial charge on any atom is -0.325 e. The molecule has 0 aliphatic carbocycles. The van der Waals surface area contributed by atoms with Gasteiger partial charge in [0.2, 0.25) is 5.91 Å². The van der Waals surface area contributed by atoms with E-state index in [1.165, 1.54) is 23.1 Å². The summed E-state index contributed by atoms with van der Waals surface area (Å²) in [4.78, 5) is 29.2. The number of aromatic nitrogens is 1. The first kappa shape index (κ1) is 21.9. The second-order valence-corrected chi connectivity index (χ2v) is 9.52. The summed E-state index contributed by atoms with van der Waals surface area (Å²) in [5.74, 6) is 0.202. The topological polar surface area (TPSA) is 83.1 Å². The number of carbonyl (C=O) groups excluding carboxylic acids is 2. The van der Waals surface area contributed by atoms with Gasteiger partial charge in [0.25, 0.3) is 0 Å². The van der Waals surface area contributed by atoms with Crippen molar-refractivity contribution in [3.63, 3.8) is 0 Å². The molecule has 3 N–H and O–H groups in total. The van der Waals surface area contributed by atoms with Crippen LogP contribution in [0, 0.1) is 13.8 Å². The molecule has 6 nitrogen and oxygen atoms in total. The molecular formula is C24H22N4O2S2. The lowest BCUT2D eigenvalue weighted by atomic mass is 10.2. The van der Waals surface area contributed by atoms with Crippen LogP contribution in [0.15, 0.2) is 71.1 Å². The van der Waals surface area contributed by atoms with Crippen LogP contribution in [-0.2, 0) is 4.79 Å². The first-order valence-electron chi connectivity index (χ1n) is 10.00. The average molecular weight is 463 g/mol. The van der Waals surface area contributed by atoms with Gasteiger partial charge in [0.15, 0.2) is 4.34 Å². The minimum atomic E-state index is -0.300. The van der Waals surface area contributed by atoms with Crippen LogP contribution < -0.4 is 16.0 Å². The van der Waals surface area contributed by atoms with E-state index in [4.69, 9.17) is 0 Å². The molecule has 3 amide bonds. The zero-order valence-electron chi connectivity index (χ0n) is 17.6. The van der Waals surface area contributed by atoms with Crippen molar-refractivity contribution >= 4 is 62.3 Å². The Labute approximate surface area is 194 Å². The van der Waals surface area contributed by atoms with Gasteiger partial charge in [-0.2, -0.15) is 0 Å². The van der Waals surface area contributed by atoms with Crippen LogP contribution in [0.4, 0.5) is 21.9 Å². The van der Waals surface area contributed by atoms with Gasteiger partial charge in [-0.1, -0.05) is 42.1 Å². The van der Waals surface area contributed by atoms with Gasteiger partial charge in [-0.3, -0.25) is 4.79 Å². The van der Waals surface area contributed by atoms with Crippen molar-refractivity contribution < 1.29 is 9.59 Å². The van der Waals surface area contributed by atoms with Crippen LogP contribution in [0.25, 0.3) is 10.2 Å². The number of thioether (sulfide) groups is 1. The summed E-state index contributed by atoms with van der Waals surface area (Å²) < 4.78 is 1.75. The SMILES string of the molecule is Cc1cccc(NC(=O)CSc2nc3ccc(NC(=O)Nc4ccccc4C)cc3s2)c1. The Balaban J connectivity index is 1.35. The van der Waals surface area contributed by atoms with Crippen molar-refractivity contribution in [2.75, 3.05) is 21.7 Å². The van der Waals surface area contributed by atoms with E-state index in [1.807, 2.05) is 80.6 Å². The molecule has 0 fully saturated rings. The van der Waals surface area contributed by atoms with Gasteiger partial charge in [-0.05, 0) is 61.4 Å². The van der Waals surface area contributed by atoms with Crippen molar-refractivity contribution in [3.8, 4) is 0 Å². The number of anilines is 3. The molecule has 0 saturated carbocycles. The second kappa shape index (κ2) is 9.84. The number of fused-ring (bicyclic) bond motifs is 1. The highest BCUT2D eigenvalue weighted by Gasteiger charge is 2.10. The molecule has 0 atom stereocenters. The quantitative estimate of drug-likeness (QED) is 0.294. The molecule has 1 aromatic heterocycles. The molecule has 0 saturated heterocycles. The maximum Gasteiger partial charge on any atom is 0.323 e. The summed E-state index contributed by atoms with van der Waals surface area (Å²) in [5.41, 5.74) is 5.17. The van der Waals surface area contributed by atoms with E-state index in [-0.39, 0.29) is 17.7 Å². The van der Waals surface area contributed by atoms with E-state index in [0.717, 1.165) is 37.1 Å². The number of nitrogens with zero attached hydrogens (tertiary/aromatic N) is 1. The first-order valence-corrected chi connectivity index (χ1v) is 11.8. The number of rotatable bonds is 6. The molecule has 4 aromatic rings. The number of hydrogen-bond donors (Lipinski definition) is 3. The van der Waals surface area contributed by atoms with Crippen LogP contribution in [0.2, 0.25) is 0 Å². The van der Waals surface area contributed by atoms with Gasteiger partial charge in [0.05, 0.1) is 16.0 Å². The highest BCUT2D eigenvalue weighted by Crippen LogP contribution is 2.31. The zero-order valence-corrected chi connectivity index (χ0v) is 19.3. The van der Waals surface area contributed by atoms with Crippen LogP contribution in [0.5, 0.6) is 0 Å². The summed E-state index contributed by atoms with van der Waals surface area (Å²) in [6.07, 6.45) is 0. The van der Waals surface area contributed by atoms with Gasteiger partial charge in [0.1, 0.15) is 0 Å². The molecule has 0 unspecified atom stereocenters. The lowest BCUT2D eigenvalue weighted by Crippen LogP contribution is -2.19. The Morgan fingerprint density at radius 1 is 0.906 bits per heavy atom. The standard InChI is InChI=1S/C24H22N4O2S2/c1-15-6-5-8-17(12-15)25-22(29)14-31-24-28-20-11-10-18(13-21(20)32-24)26-23(30)27-19-9-4-3-7-16(19)2/h3-13H,14H2,1-2H3,(H,25,29)(H2,26,27,30). The summed E-state index contributed by atoms with van der Waals surface area (Å²) in [7, 11) is 0. The molecule has 8 heteroatoms. The van der Waals surface area contributed by atoms with E-state index in [9.17, 15) is 9.59 Å². The number of para-hydroxylation sites is 1. The van der Waals surface area contributed by atoms with Gasteiger partial charge in [-0.15, -0.1) is 11.3 Å². The number of amides is 3. The third-order valence-corrected chi connectivity index (χ3v) is 6.81. The maximum atomic E-state index is 12.3. The first-order chi connectivity index (χ1) is 15.5. The van der Waals surface area contributed by atoms with Crippen LogP contribution >= 0.6 is 23.1 Å². The van der Waals surface area contributed by atoms with Crippen LogP contribution in [0.3, 0.4) is 0 Å². The Kier molecular flexibility index (Phi) is 6.72. The van der Waals surface area contributed by atoms with Gasteiger partial charge in [0, 0.05) is 17.1 Å². The molecule has 1 heterocycles. The number of hydrogen-bond acceptors (Lipinski definition) is 5. The number of urea groups is 1. The molecular weight excluding hydrogens is 440 g/mol. The number of aryl methyl sites for hydroxylation is 2. The lowest BCUT2D eigenvalue weighted by molar-refractivity contribution is -0.113. The minimum absolute atomic E-state index is 0.0740. The van der Waals surface area contributed by atoms with Gasteiger partial charge < -0.3 is 16.0 Å². The lowest BCUT2D eigenvalue weighted by Gasteiger charge is -2.09. The second-order valence-electron chi connectivity index (χ2n) is 7.26. The highest BCUT2D eigenvalue weighted by atomic mass is 32.2. The van der Waals surface area contributed by atoms with E-state index in [1.54, 1.807) is 0 Å². The Hall–Kier alpha value is -3.36. The Morgan fingerprint density at radius 2 is 1.72 bits per heavy atom. The zero-order chi connectivity index (χ0) is 22.5. The number of thiazole rings is 1. The number of nitrogens with one attached hydrogen (secondary N) is 3. The molecule has 32 heavy (non-hydrogen) atoms. The molecule has 0 aliphatic rings. The summed E-state index contributed by atoms with van der Waals surface area (Å²) in [6.45, 7) is 3.93. The summed E-state index contributed by atoms with van der Waals surface area (Å²) in [6, 6.07) is 20.6. The highest BCUT2D eigenvalue weighted by molar-refractivity contribution is 8.01. The van der Waals surface area contributed by atoms with Crippen molar-refractivity contribution in [2.24, 2.45) is 0 Å². The van der Waals surface area contributed by atoms with Gasteiger partial charge >= 0.3 is 6.03 Å². The fourth-order valence-electron chi connectivity index (χ4n) is 3.09. The van der Waals surface area contributed by atoms with E-state index >= 15 is 0 Å². The Morgan fingerprint density at radius 3 is 2.53 bits per heavy atom. The third kappa shape index (κ3) is 5.66. The van der Waals surface area contributed by atoms with Crippen molar-refractivity contribution in [3.05, 3.63) is 77.9 Å². The van der Waals surface area contributed by atoms with Crippen molar-refractivity contribution in [1.29, 1.82) is 0 Å². The molecule has 0 aliphatic heterocycles. The monoisotopic (exact) mass is 462 g/mol. The molecule has 4 rings (SSSR count). The number of benzene rings is 3. The van der Waals surface area contributed by atoms with E-state index in [0.29, 0.717) is 5.69 Å². The molecule has 162 valence electrons. The van der Waals surface area contributed by atoms with Crippen LogP contribution in [-0.4, -0.2) is 22.7 Å². The predicted octanol–water partition coefficient (Wildman–Crippen LogP) is 6.29. The molecule has 3 aromatic carbocycles. The maximum absolute atomic E-state index is 12.3. The summed E-state index contributed by atoms with van der Waals surface area (Å²) in [5, 5.41) is 8.62. The fraction of sp³-hybridized carbons (Fsp3) is 0.125. The molecule has 0 bridgehead atoms. The van der Waals surface area contributed by atoms with E-state index < -0.39 is 0 Å². The predicted molar refractivity (Wildman–Crippen MR) is 134 cm³/mol. The molecule has 0 spiro atoms. The summed E-state index contributed by atoms with van der Waals surface area (Å²) >= 11 is 2.89. The number of carbonyl (C=O) groups is 2. The fourth-order valence-corrected chi connectivity index (χ4v) is 5.00. The Bertz CT molecular complexity index is 1290. The normalized spacial score (nSPS) is 10.7. The van der Waals surface area contributed by atoms with Crippen molar-refractivity contribution in [1.82, 2.24) is 4.98 Å². The smallest absolute Gasteiger partial charge is 0.323 e. The van der Waals surface area contributed by atoms with Gasteiger partial charge in [-0.25, -0.2) is 9.78 Å². The van der Waals surface area contributed by atoms with E-state index in [2.05, 4.69) is 20.9 Å². The van der Waals surface area contributed by atoms with Crippen LogP contribution in [0.1, 0.15) is 11.1 Å². The van der Waals surface area contributed by atoms with Crippen molar-refractivity contribution in [2.45, 2.75) is 18.2 Å². The average Bonchev–Trinajstić information content (AvgIpc) is 3.16. The third-order valence-electron chi connectivity index (χ3n) is 4.65.